The van der Waals surface area contributed by atoms with Crippen LogP contribution in [0.4, 0.5) is 21.7 Å². The molecule has 0 unspecified atom stereocenters. The Kier molecular flexibility index (Phi) is 4.73. The van der Waals surface area contributed by atoms with Crippen LogP contribution in [0.1, 0.15) is 30.3 Å². The molecule has 1 heterocycles. The first-order chi connectivity index (χ1) is 10.0. The number of hydrogen-bond donors (Lipinski definition) is 2. The lowest BCUT2D eigenvalue weighted by Gasteiger charge is -2.14. The van der Waals surface area contributed by atoms with E-state index in [2.05, 4.69) is 27.5 Å². The van der Waals surface area contributed by atoms with Crippen molar-refractivity contribution in [3.8, 4) is 0 Å². The molecular formula is C16H21FN4. The van der Waals surface area contributed by atoms with E-state index in [0.717, 1.165) is 24.3 Å². The van der Waals surface area contributed by atoms with Crippen LogP contribution in [0.15, 0.2) is 18.2 Å². The molecule has 0 aliphatic rings. The third kappa shape index (κ3) is 3.68. The van der Waals surface area contributed by atoms with Crippen LogP contribution in [-0.2, 0) is 0 Å². The minimum atomic E-state index is -0.229. The smallest absolute Gasteiger partial charge is 0.139 e. The van der Waals surface area contributed by atoms with Crippen molar-refractivity contribution >= 4 is 17.3 Å². The van der Waals surface area contributed by atoms with E-state index in [1.807, 2.05) is 19.9 Å². The zero-order chi connectivity index (χ0) is 15.4. The van der Waals surface area contributed by atoms with E-state index in [9.17, 15) is 4.39 Å². The average molecular weight is 288 g/mol. The molecule has 0 saturated heterocycles. The fourth-order valence-corrected chi connectivity index (χ4v) is 1.97. The normalized spacial score (nSPS) is 10.5. The quantitative estimate of drug-likeness (QED) is 0.869. The lowest BCUT2D eigenvalue weighted by Crippen LogP contribution is -2.09. The first-order valence-corrected chi connectivity index (χ1v) is 7.13. The zero-order valence-corrected chi connectivity index (χ0v) is 12.9. The number of nitrogens with zero attached hydrogens (tertiary/aromatic N) is 2. The summed E-state index contributed by atoms with van der Waals surface area (Å²) in [6.07, 6.45) is 1.02. The Morgan fingerprint density at radius 1 is 1.10 bits per heavy atom. The van der Waals surface area contributed by atoms with E-state index < -0.39 is 0 Å². The van der Waals surface area contributed by atoms with Crippen LogP contribution in [-0.4, -0.2) is 16.5 Å². The second-order valence-corrected chi connectivity index (χ2v) is 5.11. The molecule has 1 aromatic heterocycles. The molecule has 2 rings (SSSR count). The summed E-state index contributed by atoms with van der Waals surface area (Å²) in [6, 6.07) is 5.07. The van der Waals surface area contributed by atoms with Gasteiger partial charge in [0.1, 0.15) is 23.3 Å². The molecule has 0 aliphatic carbocycles. The van der Waals surface area contributed by atoms with Crippen LogP contribution >= 0.6 is 0 Å². The van der Waals surface area contributed by atoms with Crippen molar-refractivity contribution in [3.05, 3.63) is 41.0 Å². The molecule has 1 aromatic carbocycles. The molecular weight excluding hydrogens is 267 g/mol. The van der Waals surface area contributed by atoms with E-state index in [0.29, 0.717) is 22.9 Å². The third-order valence-electron chi connectivity index (χ3n) is 3.23. The molecule has 2 aromatic rings. The van der Waals surface area contributed by atoms with Gasteiger partial charge in [0.05, 0.1) is 0 Å². The van der Waals surface area contributed by atoms with Gasteiger partial charge in [-0.2, -0.15) is 0 Å². The number of rotatable bonds is 5. The standard InChI is InChI=1S/C16H21FN4/c1-5-8-18-15-11(3)16(20-12(4)19-15)21-13-7-6-10(2)14(17)9-13/h6-7,9H,5,8H2,1-4H3,(H2,18,19,20,21). The van der Waals surface area contributed by atoms with Crippen molar-refractivity contribution in [1.29, 1.82) is 0 Å². The fourth-order valence-electron chi connectivity index (χ4n) is 1.97. The number of benzene rings is 1. The van der Waals surface area contributed by atoms with E-state index in [4.69, 9.17) is 0 Å². The summed E-state index contributed by atoms with van der Waals surface area (Å²) in [4.78, 5) is 8.81. The maximum atomic E-state index is 13.6. The SMILES string of the molecule is CCCNc1nc(C)nc(Nc2ccc(C)c(F)c2)c1C. The molecule has 0 radical (unpaired) electrons. The second kappa shape index (κ2) is 6.52. The van der Waals surface area contributed by atoms with Crippen LogP contribution in [0.25, 0.3) is 0 Å². The molecule has 0 spiro atoms. The number of aromatic nitrogens is 2. The minimum absolute atomic E-state index is 0.229. The highest BCUT2D eigenvalue weighted by molar-refractivity contribution is 5.65. The predicted molar refractivity (Wildman–Crippen MR) is 84.7 cm³/mol. The van der Waals surface area contributed by atoms with Crippen molar-refractivity contribution in [2.45, 2.75) is 34.1 Å². The van der Waals surface area contributed by atoms with Gasteiger partial charge in [-0.25, -0.2) is 14.4 Å². The van der Waals surface area contributed by atoms with Gasteiger partial charge < -0.3 is 10.6 Å². The van der Waals surface area contributed by atoms with Gasteiger partial charge in [-0.3, -0.25) is 0 Å². The van der Waals surface area contributed by atoms with Gasteiger partial charge in [-0.15, -0.1) is 0 Å². The second-order valence-electron chi connectivity index (χ2n) is 5.11. The van der Waals surface area contributed by atoms with Crippen molar-refractivity contribution in [3.63, 3.8) is 0 Å². The van der Waals surface area contributed by atoms with Gasteiger partial charge in [0.2, 0.25) is 0 Å². The van der Waals surface area contributed by atoms with Crippen LogP contribution < -0.4 is 10.6 Å². The Morgan fingerprint density at radius 2 is 1.81 bits per heavy atom. The maximum Gasteiger partial charge on any atom is 0.139 e. The Labute approximate surface area is 124 Å². The topological polar surface area (TPSA) is 49.8 Å². The van der Waals surface area contributed by atoms with Gasteiger partial charge in [0.15, 0.2) is 0 Å². The van der Waals surface area contributed by atoms with Crippen molar-refractivity contribution in [1.82, 2.24) is 9.97 Å². The molecule has 2 N–H and O–H groups in total. The van der Waals surface area contributed by atoms with Crippen LogP contribution in [0, 0.1) is 26.6 Å². The van der Waals surface area contributed by atoms with Crippen LogP contribution in [0.2, 0.25) is 0 Å². The Morgan fingerprint density at radius 3 is 2.48 bits per heavy atom. The summed E-state index contributed by atoms with van der Waals surface area (Å²) in [6.45, 7) is 8.49. The van der Waals surface area contributed by atoms with E-state index in [-0.39, 0.29) is 5.82 Å². The molecule has 112 valence electrons. The molecule has 0 bridgehead atoms. The molecule has 0 amide bonds. The number of aryl methyl sites for hydroxylation is 2. The molecule has 0 fully saturated rings. The van der Waals surface area contributed by atoms with Gasteiger partial charge in [0, 0.05) is 17.8 Å². The number of anilines is 3. The van der Waals surface area contributed by atoms with Crippen molar-refractivity contribution in [2.24, 2.45) is 0 Å². The highest BCUT2D eigenvalue weighted by Crippen LogP contribution is 2.24. The Hall–Kier alpha value is -2.17. The Balaban J connectivity index is 2.30. The van der Waals surface area contributed by atoms with E-state index in [1.54, 1.807) is 13.0 Å². The summed E-state index contributed by atoms with van der Waals surface area (Å²) < 4.78 is 13.6. The summed E-state index contributed by atoms with van der Waals surface area (Å²) in [7, 11) is 0. The summed E-state index contributed by atoms with van der Waals surface area (Å²) >= 11 is 0. The van der Waals surface area contributed by atoms with Crippen molar-refractivity contribution in [2.75, 3.05) is 17.2 Å². The first kappa shape index (κ1) is 15.2. The fraction of sp³-hybridized carbons (Fsp3) is 0.375. The molecule has 4 nitrogen and oxygen atoms in total. The molecule has 0 atom stereocenters. The summed E-state index contributed by atoms with van der Waals surface area (Å²) in [5, 5.41) is 6.45. The van der Waals surface area contributed by atoms with Gasteiger partial charge in [-0.05, 0) is 44.9 Å². The van der Waals surface area contributed by atoms with E-state index >= 15 is 0 Å². The summed E-state index contributed by atoms with van der Waals surface area (Å²) in [5.74, 6) is 1.96. The first-order valence-electron chi connectivity index (χ1n) is 7.13. The van der Waals surface area contributed by atoms with Crippen molar-refractivity contribution < 1.29 is 4.39 Å². The lowest BCUT2D eigenvalue weighted by atomic mass is 10.2. The monoisotopic (exact) mass is 288 g/mol. The van der Waals surface area contributed by atoms with E-state index in [1.165, 1.54) is 6.07 Å². The highest BCUT2D eigenvalue weighted by atomic mass is 19.1. The predicted octanol–water partition coefficient (Wildman–Crippen LogP) is 4.11. The number of nitrogens with one attached hydrogen (secondary N) is 2. The van der Waals surface area contributed by atoms with Crippen LogP contribution in [0.3, 0.4) is 0 Å². The number of halogens is 1. The molecule has 5 heteroatoms. The molecule has 21 heavy (non-hydrogen) atoms. The highest BCUT2D eigenvalue weighted by Gasteiger charge is 2.09. The minimum Gasteiger partial charge on any atom is -0.370 e. The number of hydrogen-bond acceptors (Lipinski definition) is 4. The van der Waals surface area contributed by atoms with Gasteiger partial charge >= 0.3 is 0 Å². The maximum absolute atomic E-state index is 13.6. The Bertz CT molecular complexity index is 640. The van der Waals surface area contributed by atoms with Gasteiger partial charge in [0.25, 0.3) is 0 Å². The zero-order valence-electron chi connectivity index (χ0n) is 12.9. The summed E-state index contributed by atoms with van der Waals surface area (Å²) in [5.41, 5.74) is 2.23. The average Bonchev–Trinajstić information content (AvgIpc) is 2.45. The lowest BCUT2D eigenvalue weighted by molar-refractivity contribution is 0.619. The molecule has 0 saturated carbocycles. The largest absolute Gasteiger partial charge is 0.370 e. The van der Waals surface area contributed by atoms with Crippen LogP contribution in [0.5, 0.6) is 0 Å². The van der Waals surface area contributed by atoms with Gasteiger partial charge in [-0.1, -0.05) is 13.0 Å². The molecule has 0 aliphatic heterocycles. The third-order valence-corrected chi connectivity index (χ3v) is 3.23.